The maximum absolute atomic E-state index is 12.4. The van der Waals surface area contributed by atoms with Crippen molar-refractivity contribution in [2.24, 2.45) is 0 Å². The van der Waals surface area contributed by atoms with Gasteiger partial charge < -0.3 is 10.2 Å². The molecule has 9 heteroatoms. The van der Waals surface area contributed by atoms with Crippen LogP contribution < -0.4 is 10.2 Å². The molecule has 1 saturated carbocycles. The number of carbonyl (C=O) groups excluding carboxylic acids is 1. The monoisotopic (exact) mass is 359 g/mol. The molecule has 0 bridgehead atoms. The van der Waals surface area contributed by atoms with E-state index >= 15 is 0 Å². The zero-order valence-corrected chi connectivity index (χ0v) is 14.9. The molecule has 1 N–H and O–H groups in total. The van der Waals surface area contributed by atoms with Crippen LogP contribution in [0.15, 0.2) is 23.5 Å². The molecular formula is C16H21N7OS. The molecule has 3 heterocycles. The van der Waals surface area contributed by atoms with Crippen LogP contribution in [0, 0.1) is 0 Å². The molecule has 1 aliphatic heterocycles. The minimum absolute atomic E-state index is 0.0777. The van der Waals surface area contributed by atoms with Gasteiger partial charge in [0.15, 0.2) is 0 Å². The molecule has 0 radical (unpaired) electrons. The van der Waals surface area contributed by atoms with E-state index in [0.717, 1.165) is 31.7 Å². The van der Waals surface area contributed by atoms with Gasteiger partial charge in [0.1, 0.15) is 5.82 Å². The lowest BCUT2D eigenvalue weighted by Gasteiger charge is -2.16. The number of thioether (sulfide) groups is 1. The SMILES string of the molecule is CC(Sc1nnnn1C1CC1)C(=O)Nc1ccc(N2CCCC2)nc1. The molecule has 25 heavy (non-hydrogen) atoms. The van der Waals surface area contributed by atoms with Gasteiger partial charge in [0.05, 0.1) is 23.2 Å². The van der Waals surface area contributed by atoms with E-state index in [2.05, 4.69) is 30.7 Å². The Balaban J connectivity index is 1.35. The first kappa shape index (κ1) is 16.3. The largest absolute Gasteiger partial charge is 0.357 e. The molecule has 0 spiro atoms. The third-order valence-corrected chi connectivity index (χ3v) is 5.50. The van der Waals surface area contributed by atoms with Crippen LogP contribution >= 0.6 is 11.8 Å². The first-order valence-corrected chi connectivity index (χ1v) is 9.55. The number of amides is 1. The fraction of sp³-hybridized carbons (Fsp3) is 0.562. The summed E-state index contributed by atoms with van der Waals surface area (Å²) in [4.78, 5) is 19.2. The van der Waals surface area contributed by atoms with Gasteiger partial charge in [-0.1, -0.05) is 11.8 Å². The Morgan fingerprint density at radius 2 is 2.12 bits per heavy atom. The van der Waals surface area contributed by atoms with Gasteiger partial charge in [0.25, 0.3) is 0 Å². The molecule has 1 amide bonds. The molecule has 2 fully saturated rings. The molecule has 4 rings (SSSR count). The van der Waals surface area contributed by atoms with Crippen LogP contribution in [-0.4, -0.2) is 49.4 Å². The molecule has 1 unspecified atom stereocenters. The summed E-state index contributed by atoms with van der Waals surface area (Å²) in [5.41, 5.74) is 0.710. The molecule has 1 aliphatic carbocycles. The van der Waals surface area contributed by atoms with E-state index in [0.29, 0.717) is 16.9 Å². The molecule has 8 nitrogen and oxygen atoms in total. The second-order valence-electron chi connectivity index (χ2n) is 6.49. The van der Waals surface area contributed by atoms with Crippen molar-refractivity contribution in [3.63, 3.8) is 0 Å². The summed E-state index contributed by atoms with van der Waals surface area (Å²) in [6, 6.07) is 4.27. The fourth-order valence-electron chi connectivity index (χ4n) is 2.86. The first-order chi connectivity index (χ1) is 12.2. The standard InChI is InChI=1S/C16H21N7OS/c1-11(25-16-19-20-21-23(16)13-5-6-13)15(24)18-12-4-7-14(17-10-12)22-8-2-3-9-22/h4,7,10-11,13H,2-3,5-6,8-9H2,1H3,(H,18,24). The topological polar surface area (TPSA) is 88.8 Å². The second kappa shape index (κ2) is 6.99. The molecule has 1 saturated heterocycles. The third kappa shape index (κ3) is 3.76. The van der Waals surface area contributed by atoms with Crippen molar-refractivity contribution in [2.75, 3.05) is 23.3 Å². The number of pyridine rings is 1. The molecular weight excluding hydrogens is 338 g/mol. The number of hydrogen-bond acceptors (Lipinski definition) is 7. The van der Waals surface area contributed by atoms with Crippen molar-refractivity contribution in [3.8, 4) is 0 Å². The van der Waals surface area contributed by atoms with Gasteiger partial charge in [-0.2, -0.15) is 0 Å². The van der Waals surface area contributed by atoms with Crippen LogP contribution in [0.1, 0.15) is 38.6 Å². The average molecular weight is 359 g/mol. The van der Waals surface area contributed by atoms with Crippen LogP contribution in [0.5, 0.6) is 0 Å². The van der Waals surface area contributed by atoms with Gasteiger partial charge in [0.2, 0.25) is 11.1 Å². The lowest BCUT2D eigenvalue weighted by Crippen LogP contribution is -2.23. The highest BCUT2D eigenvalue weighted by Crippen LogP contribution is 2.37. The summed E-state index contributed by atoms with van der Waals surface area (Å²) in [6.45, 7) is 3.97. The Kier molecular flexibility index (Phi) is 4.56. The Morgan fingerprint density at radius 3 is 2.80 bits per heavy atom. The van der Waals surface area contributed by atoms with Crippen molar-refractivity contribution >= 4 is 29.2 Å². The number of carbonyl (C=O) groups is 1. The Morgan fingerprint density at radius 1 is 1.32 bits per heavy atom. The third-order valence-electron chi connectivity index (χ3n) is 4.45. The minimum atomic E-state index is -0.290. The van der Waals surface area contributed by atoms with Crippen molar-refractivity contribution in [1.82, 2.24) is 25.2 Å². The zero-order valence-electron chi connectivity index (χ0n) is 14.1. The Hall–Kier alpha value is -2.16. The Bertz CT molecular complexity index is 737. The van der Waals surface area contributed by atoms with Crippen LogP contribution in [-0.2, 0) is 4.79 Å². The smallest absolute Gasteiger partial charge is 0.237 e. The van der Waals surface area contributed by atoms with Crippen LogP contribution in [0.2, 0.25) is 0 Å². The fourth-order valence-corrected chi connectivity index (χ4v) is 3.72. The van der Waals surface area contributed by atoms with Gasteiger partial charge >= 0.3 is 0 Å². The molecule has 132 valence electrons. The molecule has 2 aromatic rings. The molecule has 2 aromatic heterocycles. The zero-order chi connectivity index (χ0) is 17.2. The normalized spacial score (nSPS) is 18.4. The summed E-state index contributed by atoms with van der Waals surface area (Å²) >= 11 is 1.38. The molecule has 1 atom stereocenters. The molecule has 2 aliphatic rings. The predicted molar refractivity (Wildman–Crippen MR) is 95.7 cm³/mol. The van der Waals surface area contributed by atoms with Crippen molar-refractivity contribution in [2.45, 2.75) is 49.1 Å². The summed E-state index contributed by atoms with van der Waals surface area (Å²) in [5, 5.41) is 15.1. The van der Waals surface area contributed by atoms with E-state index in [1.165, 1.54) is 24.6 Å². The van der Waals surface area contributed by atoms with Gasteiger partial charge in [-0.15, -0.1) is 5.10 Å². The van der Waals surface area contributed by atoms with Gasteiger partial charge in [0, 0.05) is 13.1 Å². The number of tetrazole rings is 1. The number of anilines is 2. The molecule has 0 aromatic carbocycles. The number of nitrogens with zero attached hydrogens (tertiary/aromatic N) is 6. The highest BCUT2D eigenvalue weighted by Gasteiger charge is 2.29. The maximum atomic E-state index is 12.4. The first-order valence-electron chi connectivity index (χ1n) is 8.67. The second-order valence-corrected chi connectivity index (χ2v) is 7.79. The quantitative estimate of drug-likeness (QED) is 0.790. The van der Waals surface area contributed by atoms with Gasteiger partial charge in [-0.3, -0.25) is 4.79 Å². The van der Waals surface area contributed by atoms with Crippen molar-refractivity contribution in [1.29, 1.82) is 0 Å². The van der Waals surface area contributed by atoms with E-state index < -0.39 is 0 Å². The number of hydrogen-bond donors (Lipinski definition) is 1. The lowest BCUT2D eigenvalue weighted by molar-refractivity contribution is -0.115. The van der Waals surface area contributed by atoms with E-state index in [1.807, 2.05) is 23.7 Å². The minimum Gasteiger partial charge on any atom is -0.357 e. The highest BCUT2D eigenvalue weighted by molar-refractivity contribution is 8.00. The average Bonchev–Trinajstić information content (AvgIpc) is 3.12. The Labute approximate surface area is 150 Å². The van der Waals surface area contributed by atoms with Gasteiger partial charge in [-0.25, -0.2) is 9.67 Å². The van der Waals surface area contributed by atoms with E-state index in [-0.39, 0.29) is 11.2 Å². The number of aromatic nitrogens is 5. The summed E-state index contributed by atoms with van der Waals surface area (Å²) in [7, 11) is 0. The van der Waals surface area contributed by atoms with Gasteiger partial charge in [-0.05, 0) is 55.2 Å². The lowest BCUT2D eigenvalue weighted by atomic mass is 10.3. The number of nitrogens with one attached hydrogen (secondary N) is 1. The summed E-state index contributed by atoms with van der Waals surface area (Å²) in [6.07, 6.45) is 6.37. The number of rotatable bonds is 6. The maximum Gasteiger partial charge on any atom is 0.237 e. The van der Waals surface area contributed by atoms with E-state index in [4.69, 9.17) is 0 Å². The van der Waals surface area contributed by atoms with Crippen LogP contribution in [0.25, 0.3) is 0 Å². The van der Waals surface area contributed by atoms with Crippen molar-refractivity contribution < 1.29 is 4.79 Å². The predicted octanol–water partition coefficient (Wildman–Crippen LogP) is 2.12. The summed E-state index contributed by atoms with van der Waals surface area (Å²) in [5.74, 6) is 0.896. The van der Waals surface area contributed by atoms with Crippen molar-refractivity contribution in [3.05, 3.63) is 18.3 Å². The van der Waals surface area contributed by atoms with E-state index in [1.54, 1.807) is 6.20 Å². The van der Waals surface area contributed by atoms with Crippen LogP contribution in [0.4, 0.5) is 11.5 Å². The van der Waals surface area contributed by atoms with Crippen LogP contribution in [0.3, 0.4) is 0 Å². The summed E-state index contributed by atoms with van der Waals surface area (Å²) < 4.78 is 1.82. The highest BCUT2D eigenvalue weighted by atomic mass is 32.2. The van der Waals surface area contributed by atoms with E-state index in [9.17, 15) is 4.79 Å².